The maximum atomic E-state index is 12.9. The molecule has 10 nitrogen and oxygen atoms in total. The van der Waals surface area contributed by atoms with E-state index in [1.54, 1.807) is 52.1 Å². The third-order valence-electron chi connectivity index (χ3n) is 5.07. The zero-order valence-corrected chi connectivity index (χ0v) is 21.0. The molecule has 0 saturated carbocycles. The molecule has 1 aromatic rings. The first-order valence-corrected chi connectivity index (χ1v) is 11.4. The fraction of sp³-hybridized carbons (Fsp3) is 0.583. The summed E-state index contributed by atoms with van der Waals surface area (Å²) in [7, 11) is 1.69. The van der Waals surface area contributed by atoms with E-state index < -0.39 is 23.5 Å². The number of urea groups is 1. The number of benzene rings is 1. The Morgan fingerprint density at radius 1 is 1.03 bits per heavy atom. The largest absolute Gasteiger partial charge is 0.460 e. The molecule has 0 spiro atoms. The van der Waals surface area contributed by atoms with Crippen LogP contribution >= 0.6 is 0 Å². The minimum Gasteiger partial charge on any atom is -0.460 e. The molecule has 0 aliphatic carbocycles. The van der Waals surface area contributed by atoms with Crippen LogP contribution < -0.4 is 27.0 Å². The third kappa shape index (κ3) is 10.2. The lowest BCUT2D eigenvalue weighted by molar-refractivity contribution is -0.154. The highest BCUT2D eigenvalue weighted by Gasteiger charge is 2.26. The molecule has 0 fully saturated rings. The molecule has 0 saturated heterocycles. The first-order valence-electron chi connectivity index (χ1n) is 11.4. The fourth-order valence-corrected chi connectivity index (χ4v) is 3.09. The van der Waals surface area contributed by atoms with Gasteiger partial charge in [0.05, 0.1) is 11.5 Å². The zero-order valence-electron chi connectivity index (χ0n) is 21.0. The summed E-state index contributed by atoms with van der Waals surface area (Å²) in [5.41, 5.74) is 5.82. The SMILES string of the molecule is CN[C@H](C(=O)N[C@@H](CCCNC(N)=O)C(=O)Nc1ccc(COC(=O)C(C)(C)C)cc1)C(C)C. The smallest absolute Gasteiger partial charge is 0.312 e. The van der Waals surface area contributed by atoms with E-state index in [2.05, 4.69) is 21.3 Å². The van der Waals surface area contributed by atoms with Crippen LogP contribution in [0, 0.1) is 11.3 Å². The molecule has 1 aromatic carbocycles. The molecule has 0 heterocycles. The number of hydrogen-bond acceptors (Lipinski definition) is 6. The number of carbonyl (C=O) groups excluding carboxylic acids is 4. The van der Waals surface area contributed by atoms with Gasteiger partial charge in [0.2, 0.25) is 11.8 Å². The molecule has 2 atom stereocenters. The molecule has 0 aromatic heterocycles. The van der Waals surface area contributed by atoms with Crippen LogP contribution in [0.15, 0.2) is 24.3 Å². The zero-order chi connectivity index (χ0) is 25.9. The predicted molar refractivity (Wildman–Crippen MR) is 131 cm³/mol. The highest BCUT2D eigenvalue weighted by Crippen LogP contribution is 2.17. The van der Waals surface area contributed by atoms with E-state index in [0.717, 1.165) is 5.56 Å². The van der Waals surface area contributed by atoms with Crippen LogP contribution in [0.2, 0.25) is 0 Å². The molecule has 34 heavy (non-hydrogen) atoms. The van der Waals surface area contributed by atoms with Crippen LogP contribution in [0.4, 0.5) is 10.5 Å². The molecule has 190 valence electrons. The minimum absolute atomic E-state index is 0.0326. The molecular weight excluding hydrogens is 438 g/mol. The van der Waals surface area contributed by atoms with Gasteiger partial charge < -0.3 is 31.7 Å². The van der Waals surface area contributed by atoms with Gasteiger partial charge in [-0.05, 0) is 64.3 Å². The van der Waals surface area contributed by atoms with Crippen LogP contribution in [-0.2, 0) is 25.7 Å². The summed E-state index contributed by atoms with van der Waals surface area (Å²) in [6, 6.07) is 5.02. The van der Waals surface area contributed by atoms with E-state index >= 15 is 0 Å². The Balaban J connectivity index is 2.80. The maximum absolute atomic E-state index is 12.9. The number of nitrogens with one attached hydrogen (secondary N) is 4. The summed E-state index contributed by atoms with van der Waals surface area (Å²) in [6.07, 6.45) is 0.762. The predicted octanol–water partition coefficient (Wildman–Crippen LogP) is 1.89. The van der Waals surface area contributed by atoms with Gasteiger partial charge in [-0.2, -0.15) is 0 Å². The first kappa shape index (κ1) is 28.9. The van der Waals surface area contributed by atoms with Crippen LogP contribution in [0.5, 0.6) is 0 Å². The van der Waals surface area contributed by atoms with Crippen molar-refractivity contribution >= 4 is 29.5 Å². The van der Waals surface area contributed by atoms with E-state index in [1.165, 1.54) is 0 Å². The topological polar surface area (TPSA) is 152 Å². The van der Waals surface area contributed by atoms with E-state index in [1.807, 2.05) is 13.8 Å². The number of primary amides is 1. The van der Waals surface area contributed by atoms with Crippen molar-refractivity contribution in [1.82, 2.24) is 16.0 Å². The molecule has 0 bridgehead atoms. The monoisotopic (exact) mass is 477 g/mol. The van der Waals surface area contributed by atoms with Crippen molar-refractivity contribution in [1.29, 1.82) is 0 Å². The first-order chi connectivity index (χ1) is 15.8. The van der Waals surface area contributed by atoms with Gasteiger partial charge in [0, 0.05) is 12.2 Å². The number of hydrogen-bond donors (Lipinski definition) is 5. The summed E-state index contributed by atoms with van der Waals surface area (Å²) >= 11 is 0. The molecule has 4 amide bonds. The Morgan fingerprint density at radius 3 is 2.15 bits per heavy atom. The number of nitrogens with two attached hydrogens (primary N) is 1. The van der Waals surface area contributed by atoms with Crippen molar-refractivity contribution in [2.45, 2.75) is 66.2 Å². The number of ether oxygens (including phenoxy) is 1. The number of amides is 4. The lowest BCUT2D eigenvalue weighted by Gasteiger charge is -2.24. The van der Waals surface area contributed by atoms with Crippen molar-refractivity contribution in [3.8, 4) is 0 Å². The van der Waals surface area contributed by atoms with Crippen molar-refractivity contribution in [2.75, 3.05) is 18.9 Å². The van der Waals surface area contributed by atoms with E-state index in [9.17, 15) is 19.2 Å². The second kappa shape index (κ2) is 13.5. The fourth-order valence-electron chi connectivity index (χ4n) is 3.09. The van der Waals surface area contributed by atoms with Gasteiger partial charge >= 0.3 is 12.0 Å². The van der Waals surface area contributed by atoms with Crippen LogP contribution in [-0.4, -0.2) is 49.5 Å². The molecule has 0 aliphatic heterocycles. The van der Waals surface area contributed by atoms with Gasteiger partial charge in [-0.15, -0.1) is 0 Å². The lowest BCUT2D eigenvalue weighted by Crippen LogP contribution is -2.52. The van der Waals surface area contributed by atoms with Crippen LogP contribution in [0.1, 0.15) is 53.0 Å². The number of carbonyl (C=O) groups is 4. The van der Waals surface area contributed by atoms with Gasteiger partial charge in [0.25, 0.3) is 0 Å². The molecule has 6 N–H and O–H groups in total. The van der Waals surface area contributed by atoms with Crippen molar-refractivity contribution in [2.24, 2.45) is 17.1 Å². The van der Waals surface area contributed by atoms with E-state index in [4.69, 9.17) is 10.5 Å². The van der Waals surface area contributed by atoms with Gasteiger partial charge in [0.15, 0.2) is 0 Å². The number of likely N-dealkylation sites (N-methyl/N-ethyl adjacent to an activating group) is 1. The second-order valence-corrected chi connectivity index (χ2v) is 9.52. The molecular formula is C24H39N5O5. The minimum atomic E-state index is -0.802. The summed E-state index contributed by atoms with van der Waals surface area (Å²) in [6.45, 7) is 9.60. The average Bonchev–Trinajstić information content (AvgIpc) is 2.74. The summed E-state index contributed by atoms with van der Waals surface area (Å²) in [4.78, 5) is 48.4. The Hall–Kier alpha value is -3.14. The number of rotatable bonds is 12. The van der Waals surface area contributed by atoms with Gasteiger partial charge in [-0.25, -0.2) is 4.79 Å². The maximum Gasteiger partial charge on any atom is 0.312 e. The van der Waals surface area contributed by atoms with E-state index in [-0.39, 0.29) is 36.9 Å². The Bertz CT molecular complexity index is 833. The average molecular weight is 478 g/mol. The normalized spacial score (nSPS) is 13.0. The van der Waals surface area contributed by atoms with Gasteiger partial charge in [-0.1, -0.05) is 26.0 Å². The Morgan fingerprint density at radius 2 is 1.65 bits per heavy atom. The molecule has 10 heteroatoms. The highest BCUT2D eigenvalue weighted by molar-refractivity contribution is 5.97. The quantitative estimate of drug-likeness (QED) is 0.229. The van der Waals surface area contributed by atoms with Crippen molar-refractivity contribution in [3.63, 3.8) is 0 Å². The molecule has 0 radical (unpaired) electrons. The summed E-state index contributed by atoms with van der Waals surface area (Å²) in [5.74, 6) is -0.921. The standard InChI is InChI=1S/C24H39N5O5/c1-15(2)19(26-6)21(31)29-18(8-7-13-27-23(25)33)20(30)28-17-11-9-16(10-12-17)14-34-22(32)24(3,4)5/h9-12,15,18-19,26H,7-8,13-14H2,1-6H3,(H,28,30)(H,29,31)(H3,25,27,33)/t18-,19-/m0/s1. The Kier molecular flexibility index (Phi) is 11.5. The number of anilines is 1. The number of esters is 1. The summed E-state index contributed by atoms with van der Waals surface area (Å²) in [5, 5.41) is 11.0. The lowest BCUT2D eigenvalue weighted by atomic mass is 9.97. The molecule has 0 aliphatic rings. The molecule has 1 rings (SSSR count). The summed E-state index contributed by atoms with van der Waals surface area (Å²) < 4.78 is 5.30. The van der Waals surface area contributed by atoms with Crippen molar-refractivity contribution < 1.29 is 23.9 Å². The van der Waals surface area contributed by atoms with E-state index in [0.29, 0.717) is 18.5 Å². The Labute approximate surface area is 201 Å². The van der Waals surface area contributed by atoms with Crippen molar-refractivity contribution in [3.05, 3.63) is 29.8 Å². The second-order valence-electron chi connectivity index (χ2n) is 9.52. The third-order valence-corrected chi connectivity index (χ3v) is 5.07. The van der Waals surface area contributed by atoms with Gasteiger partial charge in [-0.3, -0.25) is 14.4 Å². The van der Waals surface area contributed by atoms with Crippen LogP contribution in [0.25, 0.3) is 0 Å². The van der Waals surface area contributed by atoms with Gasteiger partial charge in [0.1, 0.15) is 12.6 Å². The highest BCUT2D eigenvalue weighted by atomic mass is 16.5. The van der Waals surface area contributed by atoms with Crippen LogP contribution in [0.3, 0.4) is 0 Å². The molecule has 0 unspecified atom stereocenters.